The SMILES string of the molecule is COCCN1CC[C@@H](C(=O)NCc2ccccn2)C1. The van der Waals surface area contributed by atoms with E-state index in [4.69, 9.17) is 4.74 Å². The predicted octanol–water partition coefficient (Wildman–Crippen LogP) is 0.666. The molecule has 0 spiro atoms. The number of hydrogen-bond acceptors (Lipinski definition) is 4. The molecule has 0 unspecified atom stereocenters. The fourth-order valence-electron chi connectivity index (χ4n) is 2.29. The van der Waals surface area contributed by atoms with E-state index in [2.05, 4.69) is 15.2 Å². The maximum Gasteiger partial charge on any atom is 0.224 e. The number of rotatable bonds is 6. The smallest absolute Gasteiger partial charge is 0.224 e. The summed E-state index contributed by atoms with van der Waals surface area (Å²) in [5.74, 6) is 0.228. The highest BCUT2D eigenvalue weighted by Crippen LogP contribution is 2.15. The number of hydrogen-bond donors (Lipinski definition) is 1. The number of aromatic nitrogens is 1. The summed E-state index contributed by atoms with van der Waals surface area (Å²) in [7, 11) is 1.70. The van der Waals surface area contributed by atoms with E-state index in [0.717, 1.165) is 38.4 Å². The summed E-state index contributed by atoms with van der Waals surface area (Å²) in [6.45, 7) is 3.94. The molecule has 1 aromatic rings. The lowest BCUT2D eigenvalue weighted by molar-refractivity contribution is -0.124. The maximum absolute atomic E-state index is 12.0. The number of methoxy groups -OCH3 is 1. The van der Waals surface area contributed by atoms with E-state index < -0.39 is 0 Å². The van der Waals surface area contributed by atoms with Crippen molar-refractivity contribution in [2.45, 2.75) is 13.0 Å². The number of pyridine rings is 1. The van der Waals surface area contributed by atoms with Crippen molar-refractivity contribution in [2.24, 2.45) is 5.92 Å². The molecule has 1 N–H and O–H groups in total. The Bertz CT molecular complexity index is 397. The third-order valence-electron chi connectivity index (χ3n) is 3.42. The van der Waals surface area contributed by atoms with E-state index in [0.29, 0.717) is 6.54 Å². The second-order valence-electron chi connectivity index (χ2n) is 4.82. The summed E-state index contributed by atoms with van der Waals surface area (Å²) in [5, 5.41) is 2.96. The van der Waals surface area contributed by atoms with Crippen molar-refractivity contribution < 1.29 is 9.53 Å². The number of nitrogens with one attached hydrogen (secondary N) is 1. The first-order valence-electron chi connectivity index (χ1n) is 6.68. The molecular weight excluding hydrogens is 242 g/mol. The van der Waals surface area contributed by atoms with E-state index in [1.54, 1.807) is 13.3 Å². The molecule has 0 aliphatic carbocycles. The summed E-state index contributed by atoms with van der Waals surface area (Å²) in [4.78, 5) is 18.5. The van der Waals surface area contributed by atoms with Gasteiger partial charge in [-0.2, -0.15) is 0 Å². The Balaban J connectivity index is 1.72. The zero-order valence-corrected chi connectivity index (χ0v) is 11.3. The van der Waals surface area contributed by atoms with Gasteiger partial charge in [-0.25, -0.2) is 0 Å². The minimum Gasteiger partial charge on any atom is -0.383 e. The number of likely N-dealkylation sites (tertiary alicyclic amines) is 1. The lowest BCUT2D eigenvalue weighted by atomic mass is 10.1. The monoisotopic (exact) mass is 263 g/mol. The van der Waals surface area contributed by atoms with Crippen molar-refractivity contribution in [3.05, 3.63) is 30.1 Å². The minimum absolute atomic E-state index is 0.0977. The molecule has 1 aromatic heterocycles. The first-order chi connectivity index (χ1) is 9.29. The summed E-state index contributed by atoms with van der Waals surface area (Å²) in [6.07, 6.45) is 2.67. The number of ether oxygens (including phenoxy) is 1. The molecule has 1 saturated heterocycles. The Morgan fingerprint density at radius 1 is 1.58 bits per heavy atom. The molecule has 5 heteroatoms. The zero-order chi connectivity index (χ0) is 13.5. The van der Waals surface area contributed by atoms with Crippen LogP contribution < -0.4 is 5.32 Å². The van der Waals surface area contributed by atoms with Crippen molar-refractivity contribution in [3.63, 3.8) is 0 Å². The third kappa shape index (κ3) is 4.29. The van der Waals surface area contributed by atoms with Gasteiger partial charge in [0.25, 0.3) is 0 Å². The molecule has 19 heavy (non-hydrogen) atoms. The van der Waals surface area contributed by atoms with Gasteiger partial charge in [-0.1, -0.05) is 6.07 Å². The zero-order valence-electron chi connectivity index (χ0n) is 11.3. The van der Waals surface area contributed by atoms with Gasteiger partial charge < -0.3 is 15.0 Å². The third-order valence-corrected chi connectivity index (χ3v) is 3.42. The van der Waals surface area contributed by atoms with Gasteiger partial charge in [0.15, 0.2) is 0 Å². The quantitative estimate of drug-likeness (QED) is 0.819. The van der Waals surface area contributed by atoms with Crippen molar-refractivity contribution in [3.8, 4) is 0 Å². The molecule has 5 nitrogen and oxygen atoms in total. The molecule has 1 fully saturated rings. The van der Waals surface area contributed by atoms with E-state index in [1.807, 2.05) is 18.2 Å². The average molecular weight is 263 g/mol. The highest BCUT2D eigenvalue weighted by atomic mass is 16.5. The minimum atomic E-state index is 0.0977. The molecule has 0 radical (unpaired) electrons. The van der Waals surface area contributed by atoms with Crippen LogP contribution in [0.2, 0.25) is 0 Å². The highest BCUT2D eigenvalue weighted by molar-refractivity contribution is 5.79. The first kappa shape index (κ1) is 14.0. The number of amides is 1. The first-order valence-corrected chi connectivity index (χ1v) is 6.68. The normalized spacial score (nSPS) is 19.5. The van der Waals surface area contributed by atoms with Gasteiger partial charge in [-0.3, -0.25) is 9.78 Å². The van der Waals surface area contributed by atoms with E-state index in [-0.39, 0.29) is 11.8 Å². The van der Waals surface area contributed by atoms with Crippen molar-refractivity contribution >= 4 is 5.91 Å². The van der Waals surface area contributed by atoms with Crippen LogP contribution in [0, 0.1) is 5.92 Å². The molecule has 104 valence electrons. The molecule has 2 rings (SSSR count). The Morgan fingerprint density at radius 2 is 2.47 bits per heavy atom. The Labute approximate surface area is 114 Å². The van der Waals surface area contributed by atoms with Gasteiger partial charge in [0.1, 0.15) is 0 Å². The van der Waals surface area contributed by atoms with Crippen LogP contribution >= 0.6 is 0 Å². The van der Waals surface area contributed by atoms with Gasteiger partial charge in [-0.05, 0) is 25.1 Å². The van der Waals surface area contributed by atoms with Crippen LogP contribution in [-0.2, 0) is 16.1 Å². The van der Waals surface area contributed by atoms with Gasteiger partial charge in [0.2, 0.25) is 5.91 Å². The van der Waals surface area contributed by atoms with Gasteiger partial charge >= 0.3 is 0 Å². The van der Waals surface area contributed by atoms with E-state index >= 15 is 0 Å². The summed E-state index contributed by atoms with van der Waals surface area (Å²) < 4.78 is 5.05. The fourth-order valence-corrected chi connectivity index (χ4v) is 2.29. The van der Waals surface area contributed by atoms with Gasteiger partial charge in [0, 0.05) is 26.4 Å². The molecule has 1 atom stereocenters. The van der Waals surface area contributed by atoms with Crippen LogP contribution in [0.25, 0.3) is 0 Å². The molecule has 0 aromatic carbocycles. The van der Waals surface area contributed by atoms with Gasteiger partial charge in [0.05, 0.1) is 24.8 Å². The standard InChI is InChI=1S/C14H21N3O2/c1-19-9-8-17-7-5-12(11-17)14(18)16-10-13-4-2-3-6-15-13/h2-4,6,12H,5,7-11H2,1H3,(H,16,18)/t12-/m1/s1. The molecule has 0 saturated carbocycles. The number of carbonyl (C=O) groups is 1. The molecule has 0 bridgehead atoms. The van der Waals surface area contributed by atoms with Crippen molar-refractivity contribution in [2.75, 3.05) is 33.4 Å². The van der Waals surface area contributed by atoms with Crippen molar-refractivity contribution in [1.29, 1.82) is 0 Å². The highest BCUT2D eigenvalue weighted by Gasteiger charge is 2.27. The number of nitrogens with zero attached hydrogens (tertiary/aromatic N) is 2. The Kier molecular flexibility index (Phi) is 5.30. The van der Waals surface area contributed by atoms with E-state index in [1.165, 1.54) is 0 Å². The van der Waals surface area contributed by atoms with Gasteiger partial charge in [-0.15, -0.1) is 0 Å². The fraction of sp³-hybridized carbons (Fsp3) is 0.571. The topological polar surface area (TPSA) is 54.5 Å². The van der Waals surface area contributed by atoms with Crippen LogP contribution in [0.15, 0.2) is 24.4 Å². The summed E-state index contributed by atoms with van der Waals surface area (Å²) >= 11 is 0. The molecular formula is C14H21N3O2. The molecule has 1 aliphatic heterocycles. The maximum atomic E-state index is 12.0. The van der Waals surface area contributed by atoms with Crippen LogP contribution in [0.5, 0.6) is 0 Å². The lowest BCUT2D eigenvalue weighted by Crippen LogP contribution is -2.33. The average Bonchev–Trinajstić information content (AvgIpc) is 2.92. The molecule has 1 amide bonds. The summed E-state index contributed by atoms with van der Waals surface area (Å²) in [5.41, 5.74) is 0.894. The summed E-state index contributed by atoms with van der Waals surface area (Å²) in [6, 6.07) is 5.71. The second kappa shape index (κ2) is 7.21. The Hall–Kier alpha value is -1.46. The van der Waals surface area contributed by atoms with Crippen LogP contribution in [0.1, 0.15) is 12.1 Å². The number of carbonyl (C=O) groups excluding carboxylic acids is 1. The lowest BCUT2D eigenvalue weighted by Gasteiger charge is -2.15. The van der Waals surface area contributed by atoms with Crippen LogP contribution in [0.4, 0.5) is 0 Å². The predicted molar refractivity (Wildman–Crippen MR) is 72.5 cm³/mol. The second-order valence-corrected chi connectivity index (χ2v) is 4.82. The van der Waals surface area contributed by atoms with E-state index in [9.17, 15) is 4.79 Å². The van der Waals surface area contributed by atoms with Crippen LogP contribution in [0.3, 0.4) is 0 Å². The molecule has 2 heterocycles. The Morgan fingerprint density at radius 3 is 3.21 bits per heavy atom. The van der Waals surface area contributed by atoms with Crippen LogP contribution in [-0.4, -0.2) is 49.1 Å². The largest absolute Gasteiger partial charge is 0.383 e. The van der Waals surface area contributed by atoms with Crippen molar-refractivity contribution in [1.82, 2.24) is 15.2 Å². The molecule has 1 aliphatic rings.